The minimum absolute atomic E-state index is 0.00538. The maximum atomic E-state index is 12.4. The zero-order valence-electron chi connectivity index (χ0n) is 11.2. The first-order valence-corrected chi connectivity index (χ1v) is 6.41. The molecule has 108 valence electrons. The first-order chi connectivity index (χ1) is 9.36. The summed E-state index contributed by atoms with van der Waals surface area (Å²) in [5.41, 5.74) is -0.171. The molecule has 0 spiro atoms. The van der Waals surface area contributed by atoms with Gasteiger partial charge in [-0.1, -0.05) is 23.2 Å². The summed E-state index contributed by atoms with van der Waals surface area (Å²) >= 11 is 11.5. The number of nitrogens with zero attached hydrogens (tertiary/aromatic N) is 3. The van der Waals surface area contributed by atoms with Crippen LogP contribution in [0.5, 0.6) is 0 Å². The fourth-order valence-electron chi connectivity index (χ4n) is 1.33. The second kappa shape index (κ2) is 7.21. The summed E-state index contributed by atoms with van der Waals surface area (Å²) in [6.45, 7) is 1.80. The fourth-order valence-corrected chi connectivity index (χ4v) is 1.65. The molecule has 1 heterocycles. The fraction of sp³-hybridized carbons (Fsp3) is 0.333. The molecule has 0 atom stereocenters. The molecule has 1 aromatic heterocycles. The zero-order valence-corrected chi connectivity index (χ0v) is 12.7. The molecule has 0 bridgehead atoms. The minimum Gasteiger partial charge on any atom is -0.462 e. The molecule has 0 aliphatic heterocycles. The summed E-state index contributed by atoms with van der Waals surface area (Å²) in [5.74, 6) is -1.37. The molecule has 0 amide bonds. The van der Waals surface area contributed by atoms with Gasteiger partial charge in [-0.05, 0) is 13.0 Å². The molecule has 8 heteroatoms. The van der Waals surface area contributed by atoms with Crippen LogP contribution in [-0.2, 0) is 9.53 Å². The van der Waals surface area contributed by atoms with E-state index in [4.69, 9.17) is 27.9 Å². The predicted molar refractivity (Wildman–Crippen MR) is 74.8 cm³/mol. The highest BCUT2D eigenvalue weighted by Crippen LogP contribution is 2.20. The Labute approximate surface area is 126 Å². The molecule has 1 rings (SSSR count). The topological polar surface area (TPSA) is 72.4 Å². The van der Waals surface area contributed by atoms with E-state index in [9.17, 15) is 9.59 Å². The highest BCUT2D eigenvalue weighted by Gasteiger charge is 2.24. The molecule has 0 aromatic carbocycles. The Morgan fingerprint density at radius 3 is 2.55 bits per heavy atom. The van der Waals surface area contributed by atoms with Gasteiger partial charge in [0.15, 0.2) is 10.3 Å². The Morgan fingerprint density at radius 1 is 1.35 bits per heavy atom. The van der Waals surface area contributed by atoms with Crippen LogP contribution < -0.4 is 0 Å². The first-order valence-electron chi connectivity index (χ1n) is 5.65. The summed E-state index contributed by atoms with van der Waals surface area (Å²) in [4.78, 5) is 25.8. The number of hydrogen-bond acceptors (Lipinski definition) is 6. The lowest BCUT2D eigenvalue weighted by Crippen LogP contribution is -2.20. The number of carbonyl (C=O) groups is 2. The van der Waals surface area contributed by atoms with Crippen LogP contribution in [0.3, 0.4) is 0 Å². The molecule has 0 radical (unpaired) electrons. The van der Waals surface area contributed by atoms with Gasteiger partial charge in [-0.15, -0.1) is 10.2 Å². The average Bonchev–Trinajstić information content (AvgIpc) is 2.38. The van der Waals surface area contributed by atoms with E-state index in [0.29, 0.717) is 0 Å². The molecular weight excluding hydrogens is 305 g/mol. The number of ether oxygens (including phenoxy) is 1. The lowest BCUT2D eigenvalue weighted by Gasteiger charge is -2.11. The highest BCUT2D eigenvalue weighted by atomic mass is 35.5. The molecule has 0 saturated carbocycles. The van der Waals surface area contributed by atoms with Gasteiger partial charge in [0, 0.05) is 20.3 Å². The van der Waals surface area contributed by atoms with E-state index in [1.807, 2.05) is 0 Å². The van der Waals surface area contributed by atoms with Crippen molar-refractivity contribution >= 4 is 35.0 Å². The lowest BCUT2D eigenvalue weighted by molar-refractivity contribution is -0.138. The predicted octanol–water partition coefficient (Wildman–Crippen LogP) is 1.97. The Morgan fingerprint density at radius 2 is 2.00 bits per heavy atom. The third kappa shape index (κ3) is 4.18. The summed E-state index contributed by atoms with van der Waals surface area (Å²) in [7, 11) is 3.35. The summed E-state index contributed by atoms with van der Waals surface area (Å²) in [5, 5.41) is 6.92. The quantitative estimate of drug-likeness (QED) is 0.272. The minimum atomic E-state index is -0.741. The molecule has 20 heavy (non-hydrogen) atoms. The van der Waals surface area contributed by atoms with Crippen LogP contribution in [0.15, 0.2) is 17.8 Å². The van der Waals surface area contributed by atoms with Crippen molar-refractivity contribution in [3.05, 3.63) is 33.7 Å². The third-order valence-corrected chi connectivity index (χ3v) is 2.55. The Bertz CT molecular complexity index is 559. The number of ketones is 1. The van der Waals surface area contributed by atoms with E-state index in [1.54, 1.807) is 25.9 Å². The molecule has 0 fully saturated rings. The maximum absolute atomic E-state index is 12.4. The van der Waals surface area contributed by atoms with Gasteiger partial charge in [0.25, 0.3) is 0 Å². The molecule has 1 aromatic rings. The van der Waals surface area contributed by atoms with E-state index in [0.717, 1.165) is 0 Å². The molecule has 0 unspecified atom stereocenters. The zero-order chi connectivity index (χ0) is 15.3. The van der Waals surface area contributed by atoms with Crippen molar-refractivity contribution < 1.29 is 14.3 Å². The Kier molecular flexibility index (Phi) is 5.91. The van der Waals surface area contributed by atoms with E-state index in [1.165, 1.54) is 12.3 Å². The van der Waals surface area contributed by atoms with Crippen molar-refractivity contribution in [2.24, 2.45) is 0 Å². The Balaban J connectivity index is 3.24. The number of esters is 1. The number of aromatic nitrogens is 2. The summed E-state index contributed by atoms with van der Waals surface area (Å²) in [6, 6.07) is 1.25. The summed E-state index contributed by atoms with van der Waals surface area (Å²) in [6.07, 6.45) is 1.35. The van der Waals surface area contributed by atoms with Crippen molar-refractivity contribution in [3.63, 3.8) is 0 Å². The number of halogens is 2. The number of carbonyl (C=O) groups excluding carboxylic acids is 2. The Hall–Kier alpha value is -1.66. The molecule has 6 nitrogen and oxygen atoms in total. The van der Waals surface area contributed by atoms with Gasteiger partial charge in [-0.25, -0.2) is 4.79 Å². The van der Waals surface area contributed by atoms with Gasteiger partial charge in [-0.2, -0.15) is 0 Å². The van der Waals surface area contributed by atoms with E-state index >= 15 is 0 Å². The standard InChI is InChI=1S/C12H13Cl2N3O3/c1-4-20-12(19)8(6-17(2)3)10(18)7-5-9(13)15-16-11(7)14/h5-6H,4H2,1-3H3. The third-order valence-electron chi connectivity index (χ3n) is 2.09. The second-order valence-electron chi connectivity index (χ2n) is 3.93. The van der Waals surface area contributed by atoms with E-state index < -0.39 is 11.8 Å². The summed E-state index contributed by atoms with van der Waals surface area (Å²) < 4.78 is 4.85. The highest BCUT2D eigenvalue weighted by molar-refractivity contribution is 6.37. The van der Waals surface area contributed by atoms with E-state index in [2.05, 4.69) is 10.2 Å². The van der Waals surface area contributed by atoms with Crippen LogP contribution in [0.2, 0.25) is 10.3 Å². The molecule has 0 aliphatic carbocycles. The van der Waals surface area contributed by atoms with Crippen molar-refractivity contribution in [2.45, 2.75) is 6.92 Å². The van der Waals surface area contributed by atoms with Gasteiger partial charge in [0.2, 0.25) is 5.78 Å². The van der Waals surface area contributed by atoms with Gasteiger partial charge >= 0.3 is 5.97 Å². The molecule has 0 N–H and O–H groups in total. The van der Waals surface area contributed by atoms with Crippen LogP contribution in [0.4, 0.5) is 0 Å². The normalized spacial score (nSPS) is 11.2. The maximum Gasteiger partial charge on any atom is 0.343 e. The smallest absolute Gasteiger partial charge is 0.343 e. The van der Waals surface area contributed by atoms with Gasteiger partial charge in [-0.3, -0.25) is 4.79 Å². The number of rotatable bonds is 5. The van der Waals surface area contributed by atoms with Crippen LogP contribution in [0.25, 0.3) is 0 Å². The van der Waals surface area contributed by atoms with Gasteiger partial charge in [0.05, 0.1) is 12.2 Å². The second-order valence-corrected chi connectivity index (χ2v) is 4.67. The molecule has 0 saturated heterocycles. The lowest BCUT2D eigenvalue weighted by atomic mass is 10.1. The average molecular weight is 318 g/mol. The van der Waals surface area contributed by atoms with Gasteiger partial charge < -0.3 is 9.64 Å². The van der Waals surface area contributed by atoms with Crippen LogP contribution >= 0.6 is 23.2 Å². The van der Waals surface area contributed by atoms with E-state index in [-0.39, 0.29) is 28.0 Å². The van der Waals surface area contributed by atoms with Crippen molar-refractivity contribution in [1.29, 1.82) is 0 Å². The van der Waals surface area contributed by atoms with Gasteiger partial charge in [0.1, 0.15) is 5.57 Å². The number of Topliss-reactive ketones (excluding diaryl/α,β-unsaturated/α-hetero) is 1. The molecule has 0 aliphatic rings. The number of hydrogen-bond donors (Lipinski definition) is 0. The van der Waals surface area contributed by atoms with Crippen molar-refractivity contribution in [2.75, 3.05) is 20.7 Å². The van der Waals surface area contributed by atoms with Crippen LogP contribution in [0.1, 0.15) is 17.3 Å². The first kappa shape index (κ1) is 16.4. The largest absolute Gasteiger partial charge is 0.462 e. The van der Waals surface area contributed by atoms with Crippen LogP contribution in [0, 0.1) is 0 Å². The van der Waals surface area contributed by atoms with Crippen molar-refractivity contribution in [1.82, 2.24) is 15.1 Å². The van der Waals surface area contributed by atoms with Crippen LogP contribution in [-0.4, -0.2) is 47.6 Å². The SMILES string of the molecule is CCOC(=O)C(=CN(C)C)C(=O)c1cc(Cl)nnc1Cl. The molecular formula is C12H13Cl2N3O3. The monoisotopic (exact) mass is 317 g/mol. The van der Waals surface area contributed by atoms with Crippen molar-refractivity contribution in [3.8, 4) is 0 Å².